The molecule has 100 valence electrons. The molecular formula is C15H23NOS. The summed E-state index contributed by atoms with van der Waals surface area (Å²) in [5.41, 5.74) is 0. The third kappa shape index (κ3) is 3.58. The maximum Gasteiger partial charge on any atom is 0.225 e. The molecule has 1 aliphatic rings. The molecule has 0 aliphatic heterocycles. The lowest BCUT2D eigenvalue weighted by molar-refractivity contribution is -0.121. The molecular weight excluding hydrogens is 242 g/mol. The lowest BCUT2D eigenvalue weighted by atomic mass is 9.83. The standard InChI is InChI=1S/C15H23NOS/c1-3-12-6-4-5-7-14(12)16-15(17)10-13-9-8-11(2)18-13/h8-9,12,14H,3-7,10H2,1-2H3,(H,16,17). The van der Waals surface area contributed by atoms with E-state index in [0.717, 1.165) is 6.42 Å². The molecule has 1 heterocycles. The van der Waals surface area contributed by atoms with E-state index in [4.69, 9.17) is 0 Å². The van der Waals surface area contributed by atoms with Crippen molar-refractivity contribution in [2.24, 2.45) is 5.92 Å². The predicted molar refractivity (Wildman–Crippen MR) is 76.9 cm³/mol. The lowest BCUT2D eigenvalue weighted by Gasteiger charge is -2.31. The molecule has 1 N–H and O–H groups in total. The molecule has 2 atom stereocenters. The van der Waals surface area contributed by atoms with Crippen molar-refractivity contribution in [2.75, 3.05) is 0 Å². The minimum absolute atomic E-state index is 0.196. The van der Waals surface area contributed by atoms with Gasteiger partial charge in [-0.3, -0.25) is 4.79 Å². The van der Waals surface area contributed by atoms with Crippen molar-refractivity contribution in [2.45, 2.75) is 58.4 Å². The molecule has 1 amide bonds. The Morgan fingerprint density at radius 3 is 2.83 bits per heavy atom. The highest BCUT2D eigenvalue weighted by Crippen LogP contribution is 2.27. The maximum atomic E-state index is 12.0. The predicted octanol–water partition coefficient (Wildman–Crippen LogP) is 3.68. The molecule has 1 fully saturated rings. The fourth-order valence-corrected chi connectivity index (χ4v) is 3.77. The van der Waals surface area contributed by atoms with E-state index in [0.29, 0.717) is 18.4 Å². The summed E-state index contributed by atoms with van der Waals surface area (Å²) in [7, 11) is 0. The number of rotatable bonds is 4. The van der Waals surface area contributed by atoms with Crippen LogP contribution in [-0.2, 0) is 11.2 Å². The van der Waals surface area contributed by atoms with E-state index in [1.165, 1.54) is 35.4 Å². The Labute approximate surface area is 114 Å². The number of nitrogens with one attached hydrogen (secondary N) is 1. The van der Waals surface area contributed by atoms with Crippen LogP contribution in [0.4, 0.5) is 0 Å². The molecule has 0 radical (unpaired) electrons. The highest BCUT2D eigenvalue weighted by molar-refractivity contribution is 7.12. The first-order valence-corrected chi connectivity index (χ1v) is 7.85. The van der Waals surface area contributed by atoms with Gasteiger partial charge in [-0.15, -0.1) is 11.3 Å². The van der Waals surface area contributed by atoms with Gasteiger partial charge in [0.15, 0.2) is 0 Å². The third-order valence-electron chi connectivity index (χ3n) is 3.91. The summed E-state index contributed by atoms with van der Waals surface area (Å²) in [5, 5.41) is 3.25. The average Bonchev–Trinajstić information content (AvgIpc) is 2.75. The van der Waals surface area contributed by atoms with E-state index >= 15 is 0 Å². The second kappa shape index (κ2) is 6.37. The number of hydrogen-bond acceptors (Lipinski definition) is 2. The quantitative estimate of drug-likeness (QED) is 0.884. The van der Waals surface area contributed by atoms with Gasteiger partial charge in [-0.05, 0) is 37.8 Å². The van der Waals surface area contributed by atoms with Crippen LogP contribution in [0.2, 0.25) is 0 Å². The molecule has 0 saturated heterocycles. The molecule has 2 unspecified atom stereocenters. The summed E-state index contributed by atoms with van der Waals surface area (Å²) in [6, 6.07) is 4.57. The second-order valence-corrected chi connectivity index (χ2v) is 6.69. The van der Waals surface area contributed by atoms with E-state index in [9.17, 15) is 4.79 Å². The van der Waals surface area contributed by atoms with Crippen LogP contribution in [0.3, 0.4) is 0 Å². The monoisotopic (exact) mass is 265 g/mol. The Morgan fingerprint density at radius 2 is 2.17 bits per heavy atom. The minimum Gasteiger partial charge on any atom is -0.353 e. The van der Waals surface area contributed by atoms with Gasteiger partial charge >= 0.3 is 0 Å². The Hall–Kier alpha value is -0.830. The highest BCUT2D eigenvalue weighted by Gasteiger charge is 2.24. The number of aryl methyl sites for hydroxylation is 1. The molecule has 1 aromatic heterocycles. The zero-order valence-corrected chi connectivity index (χ0v) is 12.2. The van der Waals surface area contributed by atoms with Gasteiger partial charge in [-0.25, -0.2) is 0 Å². The number of amides is 1. The van der Waals surface area contributed by atoms with E-state index in [1.54, 1.807) is 11.3 Å². The van der Waals surface area contributed by atoms with Crippen LogP contribution in [-0.4, -0.2) is 11.9 Å². The second-order valence-electron chi connectivity index (χ2n) is 5.32. The molecule has 1 aromatic rings. The van der Waals surface area contributed by atoms with E-state index in [-0.39, 0.29) is 5.91 Å². The Kier molecular flexibility index (Phi) is 4.81. The Bertz CT molecular complexity index is 399. The van der Waals surface area contributed by atoms with E-state index in [2.05, 4.69) is 31.3 Å². The Balaban J connectivity index is 1.86. The molecule has 0 bridgehead atoms. The molecule has 2 rings (SSSR count). The first-order valence-electron chi connectivity index (χ1n) is 7.03. The van der Waals surface area contributed by atoms with Crippen LogP contribution in [0, 0.1) is 12.8 Å². The number of carbonyl (C=O) groups excluding carboxylic acids is 1. The van der Waals surface area contributed by atoms with Gasteiger partial charge in [-0.2, -0.15) is 0 Å². The van der Waals surface area contributed by atoms with Crippen LogP contribution in [0.25, 0.3) is 0 Å². The van der Waals surface area contributed by atoms with Crippen molar-refractivity contribution in [3.63, 3.8) is 0 Å². The number of carbonyl (C=O) groups is 1. The topological polar surface area (TPSA) is 29.1 Å². The maximum absolute atomic E-state index is 12.0. The minimum atomic E-state index is 0.196. The van der Waals surface area contributed by atoms with Gasteiger partial charge in [0.05, 0.1) is 6.42 Å². The van der Waals surface area contributed by atoms with E-state index in [1.807, 2.05) is 0 Å². The average molecular weight is 265 g/mol. The van der Waals surface area contributed by atoms with Crippen LogP contribution in [0.1, 0.15) is 48.8 Å². The van der Waals surface area contributed by atoms with Crippen molar-refractivity contribution in [3.8, 4) is 0 Å². The van der Waals surface area contributed by atoms with Crippen LogP contribution in [0.5, 0.6) is 0 Å². The number of thiophene rings is 1. The summed E-state index contributed by atoms with van der Waals surface area (Å²) in [6.07, 6.45) is 6.76. The molecule has 0 aromatic carbocycles. The molecule has 0 spiro atoms. The zero-order chi connectivity index (χ0) is 13.0. The fourth-order valence-electron chi connectivity index (χ4n) is 2.88. The van der Waals surface area contributed by atoms with Crippen molar-refractivity contribution in [1.82, 2.24) is 5.32 Å². The Morgan fingerprint density at radius 1 is 1.39 bits per heavy atom. The number of hydrogen-bond donors (Lipinski definition) is 1. The van der Waals surface area contributed by atoms with E-state index < -0.39 is 0 Å². The fraction of sp³-hybridized carbons (Fsp3) is 0.667. The third-order valence-corrected chi connectivity index (χ3v) is 4.91. The SMILES string of the molecule is CCC1CCCCC1NC(=O)Cc1ccc(C)s1. The lowest BCUT2D eigenvalue weighted by Crippen LogP contribution is -2.42. The summed E-state index contributed by atoms with van der Waals surface area (Å²) in [5.74, 6) is 0.884. The van der Waals surface area contributed by atoms with Crippen molar-refractivity contribution in [1.29, 1.82) is 0 Å². The van der Waals surface area contributed by atoms with Crippen LogP contribution in [0.15, 0.2) is 12.1 Å². The molecule has 1 saturated carbocycles. The largest absolute Gasteiger partial charge is 0.353 e. The first kappa shape index (κ1) is 13.6. The smallest absolute Gasteiger partial charge is 0.225 e. The summed E-state index contributed by atoms with van der Waals surface area (Å²) in [4.78, 5) is 14.5. The first-order chi connectivity index (χ1) is 8.69. The van der Waals surface area contributed by atoms with Gasteiger partial charge in [0.1, 0.15) is 0 Å². The highest BCUT2D eigenvalue weighted by atomic mass is 32.1. The van der Waals surface area contributed by atoms with Gasteiger partial charge in [-0.1, -0.05) is 26.2 Å². The van der Waals surface area contributed by atoms with Crippen molar-refractivity contribution >= 4 is 17.2 Å². The molecule has 1 aliphatic carbocycles. The van der Waals surface area contributed by atoms with Gasteiger partial charge in [0.2, 0.25) is 5.91 Å². The molecule has 3 heteroatoms. The van der Waals surface area contributed by atoms with Gasteiger partial charge < -0.3 is 5.32 Å². The normalized spacial score (nSPS) is 23.9. The van der Waals surface area contributed by atoms with Crippen molar-refractivity contribution in [3.05, 3.63) is 21.9 Å². The van der Waals surface area contributed by atoms with Gasteiger partial charge in [0.25, 0.3) is 0 Å². The van der Waals surface area contributed by atoms with Crippen LogP contribution >= 0.6 is 11.3 Å². The summed E-state index contributed by atoms with van der Waals surface area (Å²) < 4.78 is 0. The molecule has 18 heavy (non-hydrogen) atoms. The van der Waals surface area contributed by atoms with Crippen LogP contribution < -0.4 is 5.32 Å². The van der Waals surface area contributed by atoms with Crippen molar-refractivity contribution < 1.29 is 4.79 Å². The zero-order valence-electron chi connectivity index (χ0n) is 11.4. The summed E-state index contributed by atoms with van der Waals surface area (Å²) in [6.45, 7) is 4.32. The molecule has 2 nitrogen and oxygen atoms in total. The van der Waals surface area contributed by atoms with Gasteiger partial charge in [0, 0.05) is 15.8 Å². The summed E-state index contributed by atoms with van der Waals surface area (Å²) >= 11 is 1.72.